The third-order valence-corrected chi connectivity index (χ3v) is 2.10. The first-order valence-electron chi connectivity index (χ1n) is 2.85. The van der Waals surface area contributed by atoms with E-state index in [0.29, 0.717) is 12.1 Å². The Bertz CT molecular complexity index is 292. The zero-order valence-corrected chi connectivity index (χ0v) is 6.46. The van der Waals surface area contributed by atoms with Crippen LogP contribution in [0.15, 0.2) is 18.2 Å². The molecule has 66 valence electrons. The van der Waals surface area contributed by atoms with Gasteiger partial charge in [0.15, 0.2) is 5.82 Å². The van der Waals surface area contributed by atoms with Gasteiger partial charge in [-0.15, -0.1) is 0 Å². The van der Waals surface area contributed by atoms with Crippen LogP contribution in [0.5, 0.6) is 0 Å². The van der Waals surface area contributed by atoms with Crippen LogP contribution in [-0.4, -0.2) is 0 Å². The maximum absolute atomic E-state index is 12.4. The molecule has 0 aliphatic rings. The van der Waals surface area contributed by atoms with Gasteiger partial charge < -0.3 is 0 Å². The number of halogens is 5. The number of rotatable bonds is 1. The van der Waals surface area contributed by atoms with Crippen LogP contribution >= 0.6 is 8.19 Å². The minimum atomic E-state index is -5.95. The molecule has 0 unspecified atom stereocenters. The van der Waals surface area contributed by atoms with E-state index in [4.69, 9.17) is 0 Å². The summed E-state index contributed by atoms with van der Waals surface area (Å²) >= 11 is 0. The molecule has 12 heavy (non-hydrogen) atoms. The van der Waals surface area contributed by atoms with Crippen molar-refractivity contribution in [2.24, 2.45) is 0 Å². The summed E-state index contributed by atoms with van der Waals surface area (Å²) in [6.45, 7) is 0. The molecule has 0 atom stereocenters. The molecule has 0 aliphatic heterocycles. The molecule has 6 heteroatoms. The van der Waals surface area contributed by atoms with E-state index >= 15 is 0 Å². The Morgan fingerprint density at radius 3 is 2.00 bits per heavy atom. The molecule has 0 spiro atoms. The first-order chi connectivity index (χ1) is 5.43. The van der Waals surface area contributed by atoms with Gasteiger partial charge in [-0.05, 0) is 12.1 Å². The van der Waals surface area contributed by atoms with Crippen molar-refractivity contribution >= 4 is 13.5 Å². The molecule has 0 bridgehead atoms. The summed E-state index contributed by atoms with van der Waals surface area (Å²) in [5, 5.41) is -1.47. The largest absolute Gasteiger partial charge is 0.605 e. The lowest BCUT2D eigenvalue weighted by atomic mass is 10.3. The average Bonchev–Trinajstić information content (AvgIpc) is 1.92. The fourth-order valence-electron chi connectivity index (χ4n) is 0.688. The fourth-order valence-corrected chi connectivity index (χ4v) is 1.27. The summed E-state index contributed by atoms with van der Waals surface area (Å²) in [5.41, 5.74) is 0. The van der Waals surface area contributed by atoms with Crippen molar-refractivity contribution in [3.63, 3.8) is 0 Å². The van der Waals surface area contributed by atoms with E-state index in [0.717, 1.165) is 6.07 Å². The summed E-state index contributed by atoms with van der Waals surface area (Å²) in [6.07, 6.45) is 0. The third kappa shape index (κ3) is 1.72. The van der Waals surface area contributed by atoms with Gasteiger partial charge >= 0.3 is 8.19 Å². The van der Waals surface area contributed by atoms with Crippen LogP contribution in [0.25, 0.3) is 0 Å². The average molecular weight is 201 g/mol. The van der Waals surface area contributed by atoms with Crippen LogP contribution in [-0.2, 0) is 0 Å². The molecule has 0 aromatic heterocycles. The van der Waals surface area contributed by atoms with Gasteiger partial charge in [0.05, 0.1) is 0 Å². The molecule has 0 amide bonds. The second kappa shape index (κ2) is 2.98. The maximum Gasteiger partial charge on any atom is 0.605 e. The molecule has 0 nitrogen and oxygen atoms in total. The summed E-state index contributed by atoms with van der Waals surface area (Å²) < 4.78 is 60.5. The summed E-state index contributed by atoms with van der Waals surface area (Å²) in [4.78, 5) is 0. The highest BCUT2D eigenvalue weighted by Gasteiger charge is 2.50. The van der Waals surface area contributed by atoms with Gasteiger partial charge in [-0.3, -0.25) is 0 Å². The second-order valence-corrected chi connectivity index (χ2v) is 3.39. The van der Waals surface area contributed by atoms with Crippen molar-refractivity contribution in [3.05, 3.63) is 29.8 Å². The van der Waals surface area contributed by atoms with E-state index in [2.05, 4.69) is 0 Å². The smallest absolute Gasteiger partial charge is 0.204 e. The Labute approximate surface area is 65.7 Å². The summed E-state index contributed by atoms with van der Waals surface area (Å²) in [6, 6.07) is 2.02. The lowest BCUT2D eigenvalue weighted by molar-refractivity contribution is 0.508. The normalized spacial score (nSPS) is 11.8. The SMILES string of the molecule is Fc1cccc([P+](F)(F)F)c1F. The molecule has 0 radical (unpaired) electrons. The molecular weight excluding hydrogens is 198 g/mol. The van der Waals surface area contributed by atoms with E-state index in [9.17, 15) is 21.4 Å². The first-order valence-corrected chi connectivity index (χ1v) is 4.31. The number of hydrogen-bond acceptors (Lipinski definition) is 0. The lowest BCUT2D eigenvalue weighted by Gasteiger charge is -1.96. The van der Waals surface area contributed by atoms with Gasteiger partial charge in [0, 0.05) is 12.6 Å². The Balaban J connectivity index is 3.26. The van der Waals surface area contributed by atoms with Crippen LogP contribution in [0.1, 0.15) is 0 Å². The van der Waals surface area contributed by atoms with Crippen molar-refractivity contribution in [3.8, 4) is 0 Å². The quantitative estimate of drug-likeness (QED) is 0.483. The topological polar surface area (TPSA) is 0 Å². The standard InChI is InChI=1S/C6H3F5P/c7-4-2-1-3-5(6(4)8)12(9,10)11/h1-3H/q+1. The van der Waals surface area contributed by atoms with Crippen molar-refractivity contribution in [1.82, 2.24) is 0 Å². The van der Waals surface area contributed by atoms with Gasteiger partial charge in [-0.2, -0.15) is 4.39 Å². The lowest BCUT2D eigenvalue weighted by Crippen LogP contribution is -2.08. The minimum Gasteiger partial charge on any atom is -0.204 e. The van der Waals surface area contributed by atoms with E-state index in [1.807, 2.05) is 0 Å². The second-order valence-electron chi connectivity index (χ2n) is 2.02. The molecule has 0 aliphatic carbocycles. The van der Waals surface area contributed by atoms with Crippen molar-refractivity contribution in [1.29, 1.82) is 0 Å². The zero-order chi connectivity index (χ0) is 9.35. The zero-order valence-electron chi connectivity index (χ0n) is 5.57. The molecule has 0 saturated carbocycles. The first kappa shape index (κ1) is 9.39. The summed E-state index contributed by atoms with van der Waals surface area (Å²) in [7, 11) is -5.95. The minimum absolute atomic E-state index is 0.534. The highest BCUT2D eigenvalue weighted by molar-refractivity contribution is 7.68. The fraction of sp³-hybridized carbons (Fsp3) is 0. The van der Waals surface area contributed by atoms with Gasteiger partial charge in [0.25, 0.3) is 0 Å². The van der Waals surface area contributed by atoms with Gasteiger partial charge in [0.1, 0.15) is 0 Å². The monoisotopic (exact) mass is 201 g/mol. The Kier molecular flexibility index (Phi) is 2.33. The van der Waals surface area contributed by atoms with Gasteiger partial charge in [-0.1, -0.05) is 6.07 Å². The number of hydrogen-bond donors (Lipinski definition) is 0. The molecule has 0 saturated heterocycles. The van der Waals surface area contributed by atoms with E-state index < -0.39 is 25.1 Å². The van der Waals surface area contributed by atoms with Crippen LogP contribution in [0, 0.1) is 11.6 Å². The van der Waals surface area contributed by atoms with Crippen LogP contribution < -0.4 is 5.30 Å². The third-order valence-electron chi connectivity index (χ3n) is 1.20. The van der Waals surface area contributed by atoms with E-state index in [1.165, 1.54) is 0 Å². The Morgan fingerprint density at radius 1 is 1.00 bits per heavy atom. The molecular formula is C6H3F5P+. The van der Waals surface area contributed by atoms with E-state index in [-0.39, 0.29) is 0 Å². The molecule has 1 aromatic rings. The Morgan fingerprint density at radius 2 is 1.58 bits per heavy atom. The van der Waals surface area contributed by atoms with Gasteiger partial charge in [0.2, 0.25) is 11.1 Å². The van der Waals surface area contributed by atoms with Crippen molar-refractivity contribution in [2.45, 2.75) is 0 Å². The van der Waals surface area contributed by atoms with Gasteiger partial charge in [-0.25, -0.2) is 4.39 Å². The Hall–Kier alpha value is -0.700. The van der Waals surface area contributed by atoms with Crippen LogP contribution in [0.4, 0.5) is 21.4 Å². The molecule has 1 rings (SSSR count). The predicted molar refractivity (Wildman–Crippen MR) is 36.2 cm³/mol. The van der Waals surface area contributed by atoms with Crippen molar-refractivity contribution in [2.75, 3.05) is 0 Å². The molecule has 1 aromatic carbocycles. The predicted octanol–water partition coefficient (Wildman–Crippen LogP) is 3.26. The van der Waals surface area contributed by atoms with Crippen molar-refractivity contribution < 1.29 is 21.4 Å². The summed E-state index contributed by atoms with van der Waals surface area (Å²) in [5.74, 6) is -3.27. The molecule has 0 fully saturated rings. The molecule has 0 N–H and O–H groups in total. The van der Waals surface area contributed by atoms with Crippen LogP contribution in [0.2, 0.25) is 0 Å². The maximum atomic E-state index is 12.4. The van der Waals surface area contributed by atoms with E-state index in [1.54, 1.807) is 0 Å². The van der Waals surface area contributed by atoms with Crippen LogP contribution in [0.3, 0.4) is 0 Å². The molecule has 0 heterocycles. The highest BCUT2D eigenvalue weighted by Crippen LogP contribution is 2.63. The number of benzene rings is 1. The highest BCUT2D eigenvalue weighted by atomic mass is 31.3.